The summed E-state index contributed by atoms with van der Waals surface area (Å²) in [6, 6.07) is 9.67. The summed E-state index contributed by atoms with van der Waals surface area (Å²) in [6.07, 6.45) is 1.96. The Labute approximate surface area is 87.7 Å². The Bertz CT molecular complexity index is 391. The Morgan fingerprint density at radius 1 is 1.20 bits per heavy atom. The molecule has 1 fully saturated rings. The van der Waals surface area contributed by atoms with Crippen molar-refractivity contribution in [3.05, 3.63) is 35.9 Å². The van der Waals surface area contributed by atoms with Crippen LogP contribution >= 0.6 is 0 Å². The first-order valence-corrected chi connectivity index (χ1v) is 4.96. The molecule has 15 heavy (non-hydrogen) atoms. The van der Waals surface area contributed by atoms with Crippen molar-refractivity contribution in [3.63, 3.8) is 0 Å². The number of carboxylic acids is 1. The smallest absolute Gasteiger partial charge is 0.372 e. The maximum absolute atomic E-state index is 11.2. The van der Waals surface area contributed by atoms with Gasteiger partial charge in [-0.3, -0.25) is 4.79 Å². The minimum absolute atomic E-state index is 0.131. The van der Waals surface area contributed by atoms with Crippen LogP contribution in [-0.4, -0.2) is 16.9 Å². The summed E-state index contributed by atoms with van der Waals surface area (Å²) in [7, 11) is 0. The van der Waals surface area contributed by atoms with Crippen LogP contribution in [0.4, 0.5) is 0 Å². The lowest BCUT2D eigenvalue weighted by molar-refractivity contribution is -0.149. The zero-order valence-corrected chi connectivity index (χ0v) is 8.27. The second-order valence-corrected chi connectivity index (χ2v) is 4.05. The minimum Gasteiger partial charge on any atom is -0.476 e. The Kier molecular flexibility index (Phi) is 2.31. The molecule has 3 heteroatoms. The number of hydrogen-bond acceptors (Lipinski definition) is 2. The zero-order valence-electron chi connectivity index (χ0n) is 8.27. The predicted octanol–water partition coefficient (Wildman–Crippen LogP) is 1.76. The van der Waals surface area contributed by atoms with Gasteiger partial charge in [-0.05, 0) is 18.4 Å². The minimum atomic E-state index is -1.32. The van der Waals surface area contributed by atoms with E-state index >= 15 is 0 Å². The summed E-state index contributed by atoms with van der Waals surface area (Å²) in [5.41, 5.74) is 0.899. The van der Waals surface area contributed by atoms with E-state index in [9.17, 15) is 9.59 Å². The Morgan fingerprint density at radius 3 is 2.27 bits per heavy atom. The molecule has 1 saturated carbocycles. The summed E-state index contributed by atoms with van der Waals surface area (Å²) in [5, 5.41) is 8.57. The van der Waals surface area contributed by atoms with Gasteiger partial charge >= 0.3 is 5.97 Å². The monoisotopic (exact) mass is 204 g/mol. The van der Waals surface area contributed by atoms with Crippen molar-refractivity contribution in [2.75, 3.05) is 0 Å². The molecule has 0 bridgehead atoms. The number of hydrogen-bond donors (Lipinski definition) is 1. The molecule has 1 aliphatic carbocycles. The maximum Gasteiger partial charge on any atom is 0.372 e. The number of rotatable bonds is 4. The van der Waals surface area contributed by atoms with Gasteiger partial charge in [-0.2, -0.15) is 0 Å². The van der Waals surface area contributed by atoms with Crippen LogP contribution in [0.5, 0.6) is 0 Å². The Balaban J connectivity index is 2.15. The van der Waals surface area contributed by atoms with E-state index in [0.717, 1.165) is 18.4 Å². The highest BCUT2D eigenvalue weighted by molar-refractivity contribution is 6.33. The van der Waals surface area contributed by atoms with Crippen molar-refractivity contribution in [2.45, 2.75) is 24.7 Å². The first-order valence-electron chi connectivity index (χ1n) is 4.96. The van der Waals surface area contributed by atoms with E-state index < -0.39 is 11.8 Å². The quantitative estimate of drug-likeness (QED) is 0.760. The van der Waals surface area contributed by atoms with Crippen LogP contribution in [0.25, 0.3) is 0 Å². The van der Waals surface area contributed by atoms with Gasteiger partial charge in [0.15, 0.2) is 0 Å². The molecule has 78 valence electrons. The first kappa shape index (κ1) is 9.90. The van der Waals surface area contributed by atoms with Crippen LogP contribution < -0.4 is 0 Å². The zero-order chi connectivity index (χ0) is 10.9. The highest BCUT2D eigenvalue weighted by Crippen LogP contribution is 2.50. The molecule has 0 saturated heterocycles. The third-order valence-electron chi connectivity index (χ3n) is 2.98. The normalized spacial score (nSPS) is 17.1. The van der Waals surface area contributed by atoms with Crippen LogP contribution in [0.15, 0.2) is 30.3 Å². The summed E-state index contributed by atoms with van der Waals surface area (Å²) < 4.78 is 0. The molecule has 0 heterocycles. The van der Waals surface area contributed by atoms with Gasteiger partial charge in [-0.25, -0.2) is 4.79 Å². The molecule has 1 aromatic rings. The van der Waals surface area contributed by atoms with E-state index in [1.165, 1.54) is 0 Å². The van der Waals surface area contributed by atoms with Crippen molar-refractivity contribution >= 4 is 11.8 Å². The largest absolute Gasteiger partial charge is 0.476 e. The van der Waals surface area contributed by atoms with Gasteiger partial charge in [-0.1, -0.05) is 30.3 Å². The second-order valence-electron chi connectivity index (χ2n) is 4.05. The summed E-state index contributed by atoms with van der Waals surface area (Å²) in [6.45, 7) is 0. The molecular formula is C12H12O3. The van der Waals surface area contributed by atoms with Crippen molar-refractivity contribution in [3.8, 4) is 0 Å². The number of benzene rings is 1. The lowest BCUT2D eigenvalue weighted by atomic mass is 9.90. The van der Waals surface area contributed by atoms with E-state index in [-0.39, 0.29) is 11.8 Å². The Hall–Kier alpha value is -1.64. The third-order valence-corrected chi connectivity index (χ3v) is 2.98. The molecule has 0 radical (unpaired) electrons. The van der Waals surface area contributed by atoms with E-state index in [1.807, 2.05) is 30.3 Å². The molecule has 0 spiro atoms. The third kappa shape index (κ3) is 1.91. The number of carbonyl (C=O) groups is 2. The van der Waals surface area contributed by atoms with Crippen molar-refractivity contribution in [1.29, 1.82) is 0 Å². The summed E-state index contributed by atoms with van der Waals surface area (Å²) in [4.78, 5) is 21.7. The fraction of sp³-hybridized carbons (Fsp3) is 0.333. The van der Waals surface area contributed by atoms with E-state index in [1.54, 1.807) is 0 Å². The fourth-order valence-electron chi connectivity index (χ4n) is 1.89. The number of Topliss-reactive ketones (excluding diaryl/α,β-unsaturated/α-hetero) is 1. The van der Waals surface area contributed by atoms with Crippen molar-refractivity contribution < 1.29 is 14.7 Å². The second kappa shape index (κ2) is 3.50. The molecule has 2 rings (SSSR count). The lowest BCUT2D eigenvalue weighted by Gasteiger charge is -2.12. The topological polar surface area (TPSA) is 54.4 Å². The average Bonchev–Trinajstić information content (AvgIpc) is 3.00. The van der Waals surface area contributed by atoms with Crippen LogP contribution in [0, 0.1) is 0 Å². The van der Waals surface area contributed by atoms with Crippen LogP contribution in [0.1, 0.15) is 24.8 Å². The fourth-order valence-corrected chi connectivity index (χ4v) is 1.89. The molecule has 1 N–H and O–H groups in total. The molecule has 0 aromatic heterocycles. The number of ketones is 1. The van der Waals surface area contributed by atoms with Gasteiger partial charge < -0.3 is 5.11 Å². The number of carbonyl (C=O) groups excluding carboxylic acids is 1. The number of carboxylic acid groups (broad SMARTS) is 1. The molecule has 1 aromatic carbocycles. The van der Waals surface area contributed by atoms with Gasteiger partial charge in [0, 0.05) is 11.8 Å². The average molecular weight is 204 g/mol. The van der Waals surface area contributed by atoms with Crippen LogP contribution in [0.2, 0.25) is 0 Å². The van der Waals surface area contributed by atoms with Crippen molar-refractivity contribution in [1.82, 2.24) is 0 Å². The van der Waals surface area contributed by atoms with E-state index in [2.05, 4.69) is 0 Å². The molecule has 3 nitrogen and oxygen atoms in total. The molecule has 0 atom stereocenters. The maximum atomic E-state index is 11.2. The summed E-state index contributed by atoms with van der Waals surface area (Å²) in [5.74, 6) is -2.01. The van der Waals surface area contributed by atoms with Gasteiger partial charge in [0.25, 0.3) is 0 Å². The van der Waals surface area contributed by atoms with Gasteiger partial charge in [0.2, 0.25) is 5.78 Å². The predicted molar refractivity (Wildman–Crippen MR) is 54.6 cm³/mol. The van der Waals surface area contributed by atoms with E-state index in [0.29, 0.717) is 0 Å². The molecule has 0 aliphatic heterocycles. The van der Waals surface area contributed by atoms with Crippen LogP contribution in [-0.2, 0) is 15.0 Å². The SMILES string of the molecule is O=C(O)C(=O)CC1(c2ccccc2)CC1. The van der Waals surface area contributed by atoms with E-state index in [4.69, 9.17) is 5.11 Å². The molecule has 0 amide bonds. The lowest BCUT2D eigenvalue weighted by Crippen LogP contribution is -2.20. The summed E-state index contributed by atoms with van der Waals surface area (Å²) >= 11 is 0. The standard InChI is InChI=1S/C12H12O3/c13-10(11(14)15)8-12(6-7-12)9-4-2-1-3-5-9/h1-5H,6-8H2,(H,14,15). The van der Waals surface area contributed by atoms with Gasteiger partial charge in [-0.15, -0.1) is 0 Å². The van der Waals surface area contributed by atoms with Gasteiger partial charge in [0.1, 0.15) is 0 Å². The number of aliphatic carboxylic acids is 1. The Morgan fingerprint density at radius 2 is 1.80 bits per heavy atom. The van der Waals surface area contributed by atoms with Crippen molar-refractivity contribution in [2.24, 2.45) is 0 Å². The first-order chi connectivity index (χ1) is 7.14. The molecule has 1 aliphatic rings. The highest BCUT2D eigenvalue weighted by atomic mass is 16.4. The van der Waals surface area contributed by atoms with Crippen LogP contribution in [0.3, 0.4) is 0 Å². The van der Waals surface area contributed by atoms with Gasteiger partial charge in [0.05, 0.1) is 0 Å². The molecular weight excluding hydrogens is 192 g/mol. The highest BCUT2D eigenvalue weighted by Gasteiger charge is 2.46. The molecule has 0 unspecified atom stereocenters.